The molecule has 1 aromatic rings. The summed E-state index contributed by atoms with van der Waals surface area (Å²) in [5, 5.41) is 0. The lowest BCUT2D eigenvalue weighted by Gasteiger charge is -2.38. The van der Waals surface area contributed by atoms with Gasteiger partial charge in [0.05, 0.1) is 7.11 Å². The summed E-state index contributed by atoms with van der Waals surface area (Å²) in [4.78, 5) is 0. The van der Waals surface area contributed by atoms with E-state index in [4.69, 9.17) is 10.5 Å². The normalized spacial score (nSPS) is 18.9. The van der Waals surface area contributed by atoms with Gasteiger partial charge >= 0.3 is 0 Å². The summed E-state index contributed by atoms with van der Waals surface area (Å²) in [5.41, 5.74) is 10.4. The summed E-state index contributed by atoms with van der Waals surface area (Å²) >= 11 is 0. The van der Waals surface area contributed by atoms with Crippen molar-refractivity contribution in [3.63, 3.8) is 0 Å². The minimum absolute atomic E-state index is 0.0683. The lowest BCUT2D eigenvalue weighted by molar-refractivity contribution is 0.285. The summed E-state index contributed by atoms with van der Waals surface area (Å²) in [7, 11) is 1.78. The molecule has 1 fully saturated rings. The smallest absolute Gasteiger partial charge is 0.127 e. The highest BCUT2D eigenvalue weighted by Crippen LogP contribution is 2.45. The van der Waals surface area contributed by atoms with Crippen LogP contribution in [0.15, 0.2) is 12.1 Å². The van der Waals surface area contributed by atoms with Gasteiger partial charge in [0, 0.05) is 11.1 Å². The van der Waals surface area contributed by atoms with Crippen molar-refractivity contribution in [2.75, 3.05) is 7.11 Å². The molecule has 1 aliphatic rings. The number of hydrogen-bond donors (Lipinski definition) is 1. The highest BCUT2D eigenvalue weighted by atomic mass is 16.5. The number of hydrogen-bond acceptors (Lipinski definition) is 2. The number of rotatable bonds is 2. The first-order valence-electron chi connectivity index (χ1n) is 7.77. The average Bonchev–Trinajstić information content (AvgIpc) is 2.37. The Bertz CT molecular complexity index is 479. The molecule has 1 saturated carbocycles. The van der Waals surface area contributed by atoms with Crippen molar-refractivity contribution in [1.29, 1.82) is 0 Å². The van der Waals surface area contributed by atoms with Crippen molar-refractivity contribution in [2.45, 2.75) is 70.8 Å². The molecule has 2 N–H and O–H groups in total. The van der Waals surface area contributed by atoms with Crippen molar-refractivity contribution < 1.29 is 4.74 Å². The van der Waals surface area contributed by atoms with Crippen molar-refractivity contribution >= 4 is 0 Å². The van der Waals surface area contributed by atoms with Crippen LogP contribution in [0.3, 0.4) is 0 Å². The Morgan fingerprint density at radius 1 is 1.10 bits per heavy atom. The molecule has 0 spiro atoms. The van der Waals surface area contributed by atoms with Crippen molar-refractivity contribution in [2.24, 2.45) is 5.73 Å². The van der Waals surface area contributed by atoms with Gasteiger partial charge in [0.15, 0.2) is 0 Å². The summed E-state index contributed by atoms with van der Waals surface area (Å²) in [6.45, 7) is 8.85. The van der Waals surface area contributed by atoms with Gasteiger partial charge in [-0.25, -0.2) is 0 Å². The second kappa shape index (κ2) is 5.40. The van der Waals surface area contributed by atoms with Gasteiger partial charge in [-0.1, -0.05) is 52.2 Å². The number of ether oxygens (including phenoxy) is 1. The van der Waals surface area contributed by atoms with Crippen LogP contribution >= 0.6 is 0 Å². The molecule has 112 valence electrons. The quantitative estimate of drug-likeness (QED) is 0.867. The summed E-state index contributed by atoms with van der Waals surface area (Å²) < 4.78 is 5.82. The molecule has 0 heterocycles. The maximum absolute atomic E-state index is 6.79. The first kappa shape index (κ1) is 15.4. The Hall–Kier alpha value is -1.02. The van der Waals surface area contributed by atoms with E-state index in [-0.39, 0.29) is 11.0 Å². The van der Waals surface area contributed by atoms with E-state index < -0.39 is 0 Å². The molecular formula is C18H29NO. The van der Waals surface area contributed by atoms with Crippen LogP contribution in [-0.2, 0) is 11.0 Å². The molecule has 2 nitrogen and oxygen atoms in total. The minimum atomic E-state index is -0.213. The maximum Gasteiger partial charge on any atom is 0.127 e. The number of aryl methyl sites for hydroxylation is 1. The number of nitrogens with two attached hydrogens (primary N) is 1. The van der Waals surface area contributed by atoms with Crippen LogP contribution < -0.4 is 10.5 Å². The second-order valence-electron chi connectivity index (χ2n) is 7.31. The molecule has 1 aliphatic carbocycles. The Morgan fingerprint density at radius 3 is 2.20 bits per heavy atom. The van der Waals surface area contributed by atoms with E-state index in [2.05, 4.69) is 39.8 Å². The van der Waals surface area contributed by atoms with Crippen LogP contribution in [0.5, 0.6) is 5.75 Å². The number of methoxy groups -OCH3 is 1. The van der Waals surface area contributed by atoms with Crippen LogP contribution in [-0.4, -0.2) is 7.11 Å². The molecular weight excluding hydrogens is 246 g/mol. The average molecular weight is 275 g/mol. The third kappa shape index (κ3) is 2.71. The largest absolute Gasteiger partial charge is 0.496 e. The van der Waals surface area contributed by atoms with Crippen LogP contribution in [0.2, 0.25) is 0 Å². The Kier molecular flexibility index (Phi) is 4.15. The van der Waals surface area contributed by atoms with E-state index in [1.54, 1.807) is 7.11 Å². The summed E-state index contributed by atoms with van der Waals surface area (Å²) in [5.74, 6) is 1.02. The maximum atomic E-state index is 6.79. The van der Waals surface area contributed by atoms with E-state index in [1.165, 1.54) is 36.0 Å². The van der Waals surface area contributed by atoms with Gasteiger partial charge in [0.2, 0.25) is 0 Å². The first-order chi connectivity index (χ1) is 9.29. The molecule has 2 heteroatoms. The minimum Gasteiger partial charge on any atom is -0.496 e. The Morgan fingerprint density at radius 2 is 1.70 bits per heavy atom. The van der Waals surface area contributed by atoms with Crippen LogP contribution in [0.1, 0.15) is 69.6 Å². The zero-order valence-electron chi connectivity index (χ0n) is 13.7. The highest BCUT2D eigenvalue weighted by molar-refractivity contribution is 5.52. The summed E-state index contributed by atoms with van der Waals surface area (Å²) in [6.07, 6.45) is 5.88. The van der Waals surface area contributed by atoms with Gasteiger partial charge in [0.25, 0.3) is 0 Å². The third-order valence-electron chi connectivity index (χ3n) is 4.62. The molecule has 20 heavy (non-hydrogen) atoms. The molecule has 0 atom stereocenters. The fraction of sp³-hybridized carbons (Fsp3) is 0.667. The van der Waals surface area contributed by atoms with Crippen molar-refractivity contribution in [3.05, 3.63) is 28.8 Å². The first-order valence-corrected chi connectivity index (χ1v) is 7.77. The van der Waals surface area contributed by atoms with E-state index in [0.29, 0.717) is 0 Å². The van der Waals surface area contributed by atoms with Gasteiger partial charge in [-0.2, -0.15) is 0 Å². The molecule has 0 unspecified atom stereocenters. The fourth-order valence-corrected chi connectivity index (χ4v) is 3.54. The predicted octanol–water partition coefficient (Wildman–Crippen LogP) is 4.42. The molecule has 0 aliphatic heterocycles. The zero-order valence-corrected chi connectivity index (χ0v) is 13.7. The molecule has 0 amide bonds. The lowest BCUT2D eigenvalue weighted by atomic mass is 9.73. The molecule has 0 radical (unpaired) electrons. The lowest BCUT2D eigenvalue weighted by Crippen LogP contribution is -2.40. The van der Waals surface area contributed by atoms with Crippen LogP contribution in [0.25, 0.3) is 0 Å². The zero-order chi connectivity index (χ0) is 15.0. The summed E-state index contributed by atoms with van der Waals surface area (Å²) in [6, 6.07) is 4.41. The van der Waals surface area contributed by atoms with Gasteiger partial charge < -0.3 is 10.5 Å². The molecule has 0 bridgehead atoms. The Labute approximate surface area is 123 Å². The van der Waals surface area contributed by atoms with Gasteiger partial charge in [-0.3, -0.25) is 0 Å². The number of benzene rings is 1. The van der Waals surface area contributed by atoms with Crippen LogP contribution in [0.4, 0.5) is 0 Å². The van der Waals surface area contributed by atoms with E-state index in [1.807, 2.05) is 0 Å². The van der Waals surface area contributed by atoms with E-state index in [9.17, 15) is 0 Å². The fourth-order valence-electron chi connectivity index (χ4n) is 3.54. The topological polar surface area (TPSA) is 35.2 Å². The van der Waals surface area contributed by atoms with Crippen molar-refractivity contribution in [3.8, 4) is 5.75 Å². The third-order valence-corrected chi connectivity index (χ3v) is 4.62. The standard InChI is InChI=1S/C18H29NO/c1-13-9-10-14(17(2,3)4)16(20-5)15(13)18(19)11-7-6-8-12-18/h9-10H,6-8,11-12,19H2,1-5H3. The predicted molar refractivity (Wildman–Crippen MR) is 85.4 cm³/mol. The van der Waals surface area contributed by atoms with Gasteiger partial charge in [-0.05, 0) is 36.3 Å². The monoisotopic (exact) mass is 275 g/mol. The van der Waals surface area contributed by atoms with E-state index >= 15 is 0 Å². The highest BCUT2D eigenvalue weighted by Gasteiger charge is 2.35. The Balaban J connectivity index is 2.62. The van der Waals surface area contributed by atoms with Gasteiger partial charge in [-0.15, -0.1) is 0 Å². The molecule has 0 saturated heterocycles. The SMILES string of the molecule is COc1c(C(C)(C)C)ccc(C)c1C1(N)CCCCC1. The molecule has 2 rings (SSSR count). The molecule has 1 aromatic carbocycles. The second-order valence-corrected chi connectivity index (χ2v) is 7.31. The van der Waals surface area contributed by atoms with E-state index in [0.717, 1.165) is 18.6 Å². The van der Waals surface area contributed by atoms with Crippen molar-refractivity contribution in [1.82, 2.24) is 0 Å². The molecule has 0 aromatic heterocycles. The van der Waals surface area contributed by atoms with Gasteiger partial charge in [0.1, 0.15) is 5.75 Å². The van der Waals surface area contributed by atoms with Crippen LogP contribution in [0, 0.1) is 6.92 Å².